The highest BCUT2D eigenvalue weighted by molar-refractivity contribution is 6.03. The van der Waals surface area contributed by atoms with Gasteiger partial charge in [0, 0.05) is 0 Å². The minimum absolute atomic E-state index is 0.0519. The molecule has 2 heterocycles. The van der Waals surface area contributed by atoms with E-state index in [1.54, 1.807) is 25.3 Å². The highest BCUT2D eigenvalue weighted by Gasteiger charge is 2.32. The fourth-order valence-corrected chi connectivity index (χ4v) is 2.48. The number of hydrogen-bond donors (Lipinski definition) is 1. The Bertz CT molecular complexity index is 724. The highest BCUT2D eigenvalue weighted by atomic mass is 16.5. The molecule has 1 aliphatic heterocycles. The van der Waals surface area contributed by atoms with Gasteiger partial charge in [0.05, 0.1) is 18.5 Å². The largest absolute Gasteiger partial charge is 0.479 e. The van der Waals surface area contributed by atoms with Crippen molar-refractivity contribution in [2.24, 2.45) is 0 Å². The summed E-state index contributed by atoms with van der Waals surface area (Å²) in [7, 11) is 0. The van der Waals surface area contributed by atoms with Gasteiger partial charge in [0.15, 0.2) is 6.10 Å². The van der Waals surface area contributed by atoms with Gasteiger partial charge in [-0.15, -0.1) is 0 Å². The van der Waals surface area contributed by atoms with Crippen LogP contribution < -0.4 is 15.0 Å². The molecule has 1 atom stereocenters. The third-order valence-corrected chi connectivity index (χ3v) is 3.66. The van der Waals surface area contributed by atoms with E-state index in [9.17, 15) is 9.59 Å². The van der Waals surface area contributed by atoms with Crippen LogP contribution in [-0.4, -0.2) is 24.5 Å². The Hall–Kier alpha value is -2.76. The van der Waals surface area contributed by atoms with Gasteiger partial charge in [0.2, 0.25) is 5.91 Å². The number of nitrogens with one attached hydrogen (secondary N) is 1. The average molecular weight is 314 g/mol. The van der Waals surface area contributed by atoms with E-state index in [1.165, 1.54) is 4.90 Å². The van der Waals surface area contributed by atoms with Crippen molar-refractivity contribution in [3.05, 3.63) is 47.9 Å². The van der Waals surface area contributed by atoms with E-state index in [1.807, 2.05) is 25.1 Å². The molecule has 0 radical (unpaired) electrons. The summed E-state index contributed by atoms with van der Waals surface area (Å²) in [4.78, 5) is 26.0. The van der Waals surface area contributed by atoms with E-state index in [0.717, 1.165) is 5.56 Å². The minimum atomic E-state index is -0.608. The second kappa shape index (κ2) is 6.16. The number of ether oxygens (including phenoxy) is 1. The average Bonchev–Trinajstić information content (AvgIpc) is 3.04. The Morgan fingerprint density at radius 2 is 2.17 bits per heavy atom. The van der Waals surface area contributed by atoms with Crippen molar-refractivity contribution >= 4 is 17.5 Å². The molecule has 23 heavy (non-hydrogen) atoms. The lowest BCUT2D eigenvalue weighted by Gasteiger charge is -2.32. The quantitative estimate of drug-likeness (QED) is 0.937. The van der Waals surface area contributed by atoms with E-state index in [2.05, 4.69) is 5.32 Å². The van der Waals surface area contributed by atoms with Gasteiger partial charge in [-0.3, -0.25) is 14.5 Å². The predicted molar refractivity (Wildman–Crippen MR) is 84.2 cm³/mol. The number of hydrogen-bond acceptors (Lipinski definition) is 4. The number of rotatable bonds is 4. The molecule has 1 aromatic heterocycles. The zero-order valence-electron chi connectivity index (χ0n) is 13.0. The second-order valence-electron chi connectivity index (χ2n) is 5.51. The number of carbonyl (C=O) groups excluding carboxylic acids is 2. The summed E-state index contributed by atoms with van der Waals surface area (Å²) in [6, 6.07) is 9.12. The summed E-state index contributed by atoms with van der Waals surface area (Å²) < 4.78 is 10.8. The first-order chi connectivity index (χ1) is 11.0. The Balaban J connectivity index is 1.74. The Kier molecular flexibility index (Phi) is 4.06. The minimum Gasteiger partial charge on any atom is -0.479 e. The monoisotopic (exact) mass is 314 g/mol. The van der Waals surface area contributed by atoms with Gasteiger partial charge in [-0.05, 0) is 43.7 Å². The van der Waals surface area contributed by atoms with Crippen molar-refractivity contribution in [3.63, 3.8) is 0 Å². The maximum atomic E-state index is 12.4. The first-order valence-corrected chi connectivity index (χ1v) is 7.42. The smallest absolute Gasteiger partial charge is 0.268 e. The molecule has 1 aromatic carbocycles. The van der Waals surface area contributed by atoms with Gasteiger partial charge in [-0.2, -0.15) is 0 Å². The van der Waals surface area contributed by atoms with E-state index in [0.29, 0.717) is 23.7 Å². The number of amides is 2. The molecule has 6 heteroatoms. The normalized spacial score (nSPS) is 16.7. The van der Waals surface area contributed by atoms with Gasteiger partial charge in [-0.1, -0.05) is 6.07 Å². The van der Waals surface area contributed by atoms with Crippen molar-refractivity contribution in [2.75, 3.05) is 11.4 Å². The molecule has 2 amide bonds. The van der Waals surface area contributed by atoms with Crippen molar-refractivity contribution < 1.29 is 18.7 Å². The highest BCUT2D eigenvalue weighted by Crippen LogP contribution is 2.34. The van der Waals surface area contributed by atoms with Crippen LogP contribution in [0.4, 0.5) is 5.69 Å². The predicted octanol–water partition coefficient (Wildman–Crippen LogP) is 2.02. The number of anilines is 1. The molecule has 2 aromatic rings. The molecule has 0 bridgehead atoms. The summed E-state index contributed by atoms with van der Waals surface area (Å²) in [5.74, 6) is 0.797. The second-order valence-corrected chi connectivity index (χ2v) is 5.51. The molecule has 1 unspecified atom stereocenters. The molecule has 0 saturated heterocycles. The first kappa shape index (κ1) is 15.1. The topological polar surface area (TPSA) is 71.8 Å². The van der Waals surface area contributed by atoms with Crippen LogP contribution in [0.3, 0.4) is 0 Å². The third kappa shape index (κ3) is 3.21. The van der Waals surface area contributed by atoms with Crippen LogP contribution in [0, 0.1) is 6.92 Å². The zero-order valence-corrected chi connectivity index (χ0v) is 13.0. The Morgan fingerprint density at radius 3 is 2.91 bits per heavy atom. The SMILES string of the molecule is Cc1ccc2c(c1)N(CC(=O)NCc1ccco1)C(=O)C(C)O2. The lowest BCUT2D eigenvalue weighted by Crippen LogP contribution is -2.48. The van der Waals surface area contributed by atoms with Gasteiger partial charge in [-0.25, -0.2) is 0 Å². The van der Waals surface area contributed by atoms with Gasteiger partial charge in [0.1, 0.15) is 18.1 Å². The molecular weight excluding hydrogens is 296 g/mol. The molecule has 0 fully saturated rings. The van der Waals surface area contributed by atoms with Crippen LogP contribution >= 0.6 is 0 Å². The van der Waals surface area contributed by atoms with E-state index in [4.69, 9.17) is 9.15 Å². The van der Waals surface area contributed by atoms with Crippen LogP contribution in [0.15, 0.2) is 41.0 Å². The van der Waals surface area contributed by atoms with Gasteiger partial charge in [0.25, 0.3) is 5.91 Å². The van der Waals surface area contributed by atoms with Crippen LogP contribution in [0.2, 0.25) is 0 Å². The number of nitrogens with zero attached hydrogens (tertiary/aromatic N) is 1. The molecular formula is C17H18N2O4. The van der Waals surface area contributed by atoms with Crippen molar-refractivity contribution in [1.82, 2.24) is 5.32 Å². The first-order valence-electron chi connectivity index (χ1n) is 7.42. The maximum absolute atomic E-state index is 12.4. The Morgan fingerprint density at radius 1 is 1.35 bits per heavy atom. The summed E-state index contributed by atoms with van der Waals surface area (Å²) in [6.07, 6.45) is 0.941. The summed E-state index contributed by atoms with van der Waals surface area (Å²) in [6.45, 7) is 3.85. The lowest BCUT2D eigenvalue weighted by molar-refractivity contribution is -0.128. The van der Waals surface area contributed by atoms with Crippen LogP contribution in [0.25, 0.3) is 0 Å². The molecule has 120 valence electrons. The van der Waals surface area contributed by atoms with Crippen LogP contribution in [-0.2, 0) is 16.1 Å². The Labute approximate surface area is 134 Å². The maximum Gasteiger partial charge on any atom is 0.268 e. The van der Waals surface area contributed by atoms with E-state index < -0.39 is 6.10 Å². The van der Waals surface area contributed by atoms with Crippen LogP contribution in [0.1, 0.15) is 18.2 Å². The van der Waals surface area contributed by atoms with Gasteiger partial charge >= 0.3 is 0 Å². The number of carbonyl (C=O) groups is 2. The van der Waals surface area contributed by atoms with Crippen LogP contribution in [0.5, 0.6) is 5.75 Å². The fraction of sp³-hybridized carbons (Fsp3) is 0.294. The molecule has 0 saturated carbocycles. The molecule has 0 spiro atoms. The van der Waals surface area contributed by atoms with Gasteiger partial charge < -0.3 is 14.5 Å². The van der Waals surface area contributed by atoms with E-state index >= 15 is 0 Å². The van der Waals surface area contributed by atoms with Crippen molar-refractivity contribution in [1.29, 1.82) is 0 Å². The van der Waals surface area contributed by atoms with E-state index in [-0.39, 0.29) is 18.4 Å². The summed E-state index contributed by atoms with van der Waals surface area (Å²) >= 11 is 0. The lowest BCUT2D eigenvalue weighted by atomic mass is 10.1. The van der Waals surface area contributed by atoms with Crippen molar-refractivity contribution in [3.8, 4) is 5.75 Å². The number of furan rings is 1. The summed E-state index contributed by atoms with van der Waals surface area (Å²) in [5.41, 5.74) is 1.62. The van der Waals surface area contributed by atoms with Crippen molar-refractivity contribution in [2.45, 2.75) is 26.5 Å². The molecule has 3 rings (SSSR count). The summed E-state index contributed by atoms with van der Waals surface area (Å²) in [5, 5.41) is 2.75. The number of aryl methyl sites for hydroxylation is 1. The fourth-order valence-electron chi connectivity index (χ4n) is 2.48. The number of fused-ring (bicyclic) bond motifs is 1. The number of benzene rings is 1. The zero-order chi connectivity index (χ0) is 16.4. The molecule has 1 N–H and O–H groups in total. The molecule has 1 aliphatic rings. The molecule has 6 nitrogen and oxygen atoms in total. The molecule has 0 aliphatic carbocycles. The third-order valence-electron chi connectivity index (χ3n) is 3.66. The standard InChI is InChI=1S/C17H18N2O4/c1-11-5-6-15-14(8-11)19(17(21)12(2)23-15)10-16(20)18-9-13-4-3-7-22-13/h3-8,12H,9-10H2,1-2H3,(H,18,20).